The lowest BCUT2D eigenvalue weighted by atomic mass is 10.1. The van der Waals surface area contributed by atoms with Gasteiger partial charge in [0, 0.05) is 34.2 Å². The Balaban J connectivity index is 1.49. The number of fused-ring (bicyclic) bond motifs is 1. The maximum absolute atomic E-state index is 13.2. The van der Waals surface area contributed by atoms with Crippen molar-refractivity contribution < 1.29 is 9.18 Å². The minimum absolute atomic E-state index is 0.205. The molecule has 4 nitrogen and oxygen atoms in total. The largest absolute Gasteiger partial charge is 0.342 e. The molecule has 1 amide bonds. The molecule has 0 saturated carbocycles. The summed E-state index contributed by atoms with van der Waals surface area (Å²) in [5, 5.41) is 5.78. The molecule has 0 unspecified atom stereocenters. The second-order valence-corrected chi connectivity index (χ2v) is 7.39. The second-order valence-electron chi connectivity index (χ2n) is 6.95. The molecular weight excluding hydrogens is 401 g/mol. The Morgan fingerprint density at radius 3 is 2.47 bits per heavy atom. The zero-order valence-corrected chi connectivity index (χ0v) is 16.8. The van der Waals surface area contributed by atoms with Crippen molar-refractivity contribution in [1.82, 2.24) is 9.99 Å². The molecule has 0 atom stereocenters. The molecule has 0 bridgehead atoms. The summed E-state index contributed by atoms with van der Waals surface area (Å²) in [6.45, 7) is 0.609. The maximum Gasteiger partial charge on any atom is 0.244 e. The van der Waals surface area contributed by atoms with Crippen LogP contribution in [0.2, 0.25) is 5.02 Å². The second kappa shape index (κ2) is 8.93. The number of hydrazone groups is 1. The lowest BCUT2D eigenvalue weighted by Crippen LogP contribution is -2.19. The molecule has 0 aliphatic carbocycles. The fourth-order valence-corrected chi connectivity index (χ4v) is 3.42. The van der Waals surface area contributed by atoms with E-state index in [1.807, 2.05) is 42.6 Å². The van der Waals surface area contributed by atoms with E-state index in [-0.39, 0.29) is 18.1 Å². The predicted molar refractivity (Wildman–Crippen MR) is 118 cm³/mol. The third-order valence-electron chi connectivity index (χ3n) is 4.76. The highest BCUT2D eigenvalue weighted by atomic mass is 35.5. The van der Waals surface area contributed by atoms with Gasteiger partial charge in [0.05, 0.1) is 12.6 Å². The van der Waals surface area contributed by atoms with E-state index in [9.17, 15) is 9.18 Å². The monoisotopic (exact) mass is 419 g/mol. The summed E-state index contributed by atoms with van der Waals surface area (Å²) in [6.07, 6.45) is 3.84. The number of halogens is 2. The van der Waals surface area contributed by atoms with Crippen LogP contribution in [0, 0.1) is 5.82 Å². The van der Waals surface area contributed by atoms with Crippen LogP contribution in [-0.2, 0) is 17.8 Å². The van der Waals surface area contributed by atoms with Crippen molar-refractivity contribution in [2.75, 3.05) is 0 Å². The molecule has 0 radical (unpaired) electrons. The van der Waals surface area contributed by atoms with Crippen LogP contribution in [0.4, 0.5) is 4.39 Å². The van der Waals surface area contributed by atoms with Crippen molar-refractivity contribution in [2.24, 2.45) is 5.10 Å². The van der Waals surface area contributed by atoms with Crippen LogP contribution >= 0.6 is 11.6 Å². The lowest BCUT2D eigenvalue weighted by Gasteiger charge is -2.05. The minimum atomic E-state index is -0.252. The SMILES string of the molecule is O=C(Cc1ccc(Cl)cc1)N/N=C\c1cn(Cc2ccc(F)cc2)c2ccccc12. The Morgan fingerprint density at radius 1 is 1.00 bits per heavy atom. The van der Waals surface area contributed by atoms with Crippen LogP contribution < -0.4 is 5.43 Å². The van der Waals surface area contributed by atoms with E-state index in [1.165, 1.54) is 12.1 Å². The van der Waals surface area contributed by atoms with Gasteiger partial charge in [0.2, 0.25) is 5.91 Å². The van der Waals surface area contributed by atoms with E-state index in [0.29, 0.717) is 11.6 Å². The smallest absolute Gasteiger partial charge is 0.244 e. The van der Waals surface area contributed by atoms with Crippen molar-refractivity contribution in [3.05, 3.63) is 107 Å². The summed E-state index contributed by atoms with van der Waals surface area (Å²) in [5.74, 6) is -0.457. The molecule has 0 aliphatic heterocycles. The number of carbonyl (C=O) groups excluding carboxylic acids is 1. The fourth-order valence-electron chi connectivity index (χ4n) is 3.30. The summed E-state index contributed by atoms with van der Waals surface area (Å²) < 4.78 is 15.3. The predicted octanol–water partition coefficient (Wildman–Crippen LogP) is 5.17. The third-order valence-corrected chi connectivity index (χ3v) is 5.01. The van der Waals surface area contributed by atoms with Gasteiger partial charge in [-0.05, 0) is 41.5 Å². The first kappa shape index (κ1) is 19.9. The van der Waals surface area contributed by atoms with E-state index in [4.69, 9.17) is 11.6 Å². The Bertz CT molecular complexity index is 1200. The van der Waals surface area contributed by atoms with Crippen molar-refractivity contribution in [3.63, 3.8) is 0 Å². The molecule has 150 valence electrons. The molecule has 30 heavy (non-hydrogen) atoms. The van der Waals surface area contributed by atoms with E-state index in [0.717, 1.165) is 27.6 Å². The highest BCUT2D eigenvalue weighted by Gasteiger charge is 2.08. The van der Waals surface area contributed by atoms with Gasteiger partial charge in [-0.15, -0.1) is 0 Å². The van der Waals surface area contributed by atoms with Crippen molar-refractivity contribution in [2.45, 2.75) is 13.0 Å². The van der Waals surface area contributed by atoms with Crippen LogP contribution in [0.5, 0.6) is 0 Å². The zero-order valence-electron chi connectivity index (χ0n) is 16.1. The molecule has 1 aromatic heterocycles. The van der Waals surface area contributed by atoms with Gasteiger partial charge in [-0.3, -0.25) is 4.79 Å². The molecule has 0 spiro atoms. The van der Waals surface area contributed by atoms with Crippen molar-refractivity contribution in [3.8, 4) is 0 Å². The number of aromatic nitrogens is 1. The fraction of sp³-hybridized carbons (Fsp3) is 0.0833. The minimum Gasteiger partial charge on any atom is -0.342 e. The van der Waals surface area contributed by atoms with Gasteiger partial charge in [0.1, 0.15) is 5.82 Å². The van der Waals surface area contributed by atoms with Gasteiger partial charge in [0.15, 0.2) is 0 Å². The van der Waals surface area contributed by atoms with Gasteiger partial charge in [-0.1, -0.05) is 54.1 Å². The molecule has 6 heteroatoms. The van der Waals surface area contributed by atoms with Crippen molar-refractivity contribution >= 4 is 34.6 Å². The molecule has 0 aliphatic rings. The highest BCUT2D eigenvalue weighted by Crippen LogP contribution is 2.21. The van der Waals surface area contributed by atoms with Gasteiger partial charge in [0.25, 0.3) is 0 Å². The number of hydrogen-bond acceptors (Lipinski definition) is 2. The van der Waals surface area contributed by atoms with Crippen LogP contribution in [-0.4, -0.2) is 16.7 Å². The Hall–Kier alpha value is -3.44. The van der Waals surface area contributed by atoms with Gasteiger partial charge < -0.3 is 4.57 Å². The average molecular weight is 420 g/mol. The quantitative estimate of drug-likeness (QED) is 0.340. The molecular formula is C24H19ClFN3O. The average Bonchev–Trinajstić information content (AvgIpc) is 3.09. The molecule has 1 heterocycles. The summed E-state index contributed by atoms with van der Waals surface area (Å²) >= 11 is 5.86. The Labute approximate surface area is 178 Å². The van der Waals surface area contributed by atoms with Crippen LogP contribution in [0.3, 0.4) is 0 Å². The van der Waals surface area contributed by atoms with Gasteiger partial charge in [-0.25, -0.2) is 9.82 Å². The Kier molecular flexibility index (Phi) is 5.91. The van der Waals surface area contributed by atoms with Crippen LogP contribution in [0.15, 0.2) is 84.1 Å². The van der Waals surface area contributed by atoms with E-state index < -0.39 is 0 Å². The first-order valence-corrected chi connectivity index (χ1v) is 9.85. The van der Waals surface area contributed by atoms with Crippen molar-refractivity contribution in [1.29, 1.82) is 0 Å². The molecule has 4 rings (SSSR count). The highest BCUT2D eigenvalue weighted by molar-refractivity contribution is 6.30. The standard InChI is InChI=1S/C24H19ClFN3O/c25-20-9-5-17(6-10-20)13-24(30)28-27-14-19-16-29(23-4-2-1-3-22(19)23)15-18-7-11-21(26)12-8-18/h1-12,14,16H,13,15H2,(H,28,30)/b27-14-. The number of hydrogen-bond donors (Lipinski definition) is 1. The number of rotatable bonds is 6. The number of nitrogens with one attached hydrogen (secondary N) is 1. The first-order valence-electron chi connectivity index (χ1n) is 9.47. The number of nitrogens with zero attached hydrogens (tertiary/aromatic N) is 2. The summed E-state index contributed by atoms with van der Waals surface area (Å²) in [6, 6.07) is 21.6. The molecule has 0 saturated heterocycles. The van der Waals surface area contributed by atoms with Gasteiger partial charge >= 0.3 is 0 Å². The number of para-hydroxylation sites is 1. The maximum atomic E-state index is 13.2. The number of carbonyl (C=O) groups is 1. The van der Waals surface area contributed by atoms with E-state index in [2.05, 4.69) is 15.1 Å². The topological polar surface area (TPSA) is 46.4 Å². The first-order chi connectivity index (χ1) is 14.6. The van der Waals surface area contributed by atoms with E-state index in [1.54, 1.807) is 30.5 Å². The Morgan fingerprint density at radius 2 is 1.70 bits per heavy atom. The van der Waals surface area contributed by atoms with Crippen LogP contribution in [0.1, 0.15) is 16.7 Å². The third kappa shape index (κ3) is 4.75. The van der Waals surface area contributed by atoms with E-state index >= 15 is 0 Å². The normalized spacial score (nSPS) is 11.3. The molecule has 3 aromatic carbocycles. The summed E-state index contributed by atoms with van der Waals surface area (Å²) in [4.78, 5) is 12.1. The zero-order chi connectivity index (χ0) is 20.9. The number of amides is 1. The molecule has 4 aromatic rings. The molecule has 1 N–H and O–H groups in total. The summed E-state index contributed by atoms with van der Waals surface area (Å²) in [5.41, 5.74) is 6.36. The lowest BCUT2D eigenvalue weighted by molar-refractivity contribution is -0.120. The number of benzene rings is 3. The summed E-state index contributed by atoms with van der Waals surface area (Å²) in [7, 11) is 0. The van der Waals surface area contributed by atoms with Crippen LogP contribution in [0.25, 0.3) is 10.9 Å². The van der Waals surface area contributed by atoms with Gasteiger partial charge in [-0.2, -0.15) is 5.10 Å². The molecule has 0 fully saturated rings.